The van der Waals surface area contributed by atoms with Gasteiger partial charge < -0.3 is 11.1 Å². The fourth-order valence-electron chi connectivity index (χ4n) is 3.33. The summed E-state index contributed by atoms with van der Waals surface area (Å²) in [6, 6.07) is 15.3. The molecule has 1 aromatic heterocycles. The van der Waals surface area contributed by atoms with Gasteiger partial charge in [0, 0.05) is 36.9 Å². The molecule has 3 aromatic rings. The van der Waals surface area contributed by atoms with E-state index in [2.05, 4.69) is 10.3 Å². The van der Waals surface area contributed by atoms with Crippen LogP contribution in [0.5, 0.6) is 0 Å². The second-order valence-electron chi connectivity index (χ2n) is 7.35. The lowest BCUT2D eigenvalue weighted by atomic mass is 9.96. The number of hydrogen-bond acceptors (Lipinski definition) is 5. The van der Waals surface area contributed by atoms with Crippen molar-refractivity contribution in [1.29, 1.82) is 0 Å². The molecule has 0 radical (unpaired) electrons. The maximum absolute atomic E-state index is 13.1. The van der Waals surface area contributed by atoms with E-state index in [1.54, 1.807) is 6.07 Å². The molecule has 0 aliphatic rings. The Balaban J connectivity index is 1.73. The Morgan fingerprint density at radius 2 is 1.93 bits per heavy atom. The predicted molar refractivity (Wildman–Crippen MR) is 123 cm³/mol. The third kappa shape index (κ3) is 6.11. The smallest absolute Gasteiger partial charge is 0.224 e. The number of halogens is 1. The summed E-state index contributed by atoms with van der Waals surface area (Å²) in [5.41, 5.74) is 7.87. The number of benzene rings is 2. The lowest BCUT2D eigenvalue weighted by Gasteiger charge is -2.21. The summed E-state index contributed by atoms with van der Waals surface area (Å²) in [6.07, 6.45) is 1.67. The highest BCUT2D eigenvalue weighted by atomic mass is 35.5. The van der Waals surface area contributed by atoms with Crippen molar-refractivity contribution in [2.45, 2.75) is 38.6 Å². The average molecular weight is 444 g/mol. The molecule has 0 fully saturated rings. The number of nitrogens with one attached hydrogen (secondary N) is 1. The normalized spacial score (nSPS) is 13.2. The monoisotopic (exact) mass is 443 g/mol. The molecule has 0 saturated carbocycles. The molecular weight excluding hydrogens is 418 g/mol. The van der Waals surface area contributed by atoms with Gasteiger partial charge in [0.05, 0.1) is 21.1 Å². The standard InChI is InChI=1S/C23H26ClN3O2S/c1-2-19(28)11-16(12-22-27-20-9-8-17(24)13-21(20)30-22)23(29)26-18(14-25)10-15-6-4-3-5-7-15/h3-9,13,16,18H,2,10-12,14,25H2,1H3,(H,26,29)/t16-,18-/m0/s1. The van der Waals surface area contributed by atoms with Crippen molar-refractivity contribution in [2.75, 3.05) is 6.54 Å². The molecule has 158 valence electrons. The number of amides is 1. The average Bonchev–Trinajstić information content (AvgIpc) is 3.14. The SMILES string of the molecule is CCC(=O)C[C@@H](Cc1nc2ccc(Cl)cc2s1)C(=O)N[C@H](CN)Cc1ccccc1. The number of aromatic nitrogens is 1. The molecule has 5 nitrogen and oxygen atoms in total. The van der Waals surface area contributed by atoms with E-state index in [1.807, 2.05) is 49.4 Å². The first-order valence-corrected chi connectivity index (χ1v) is 11.3. The summed E-state index contributed by atoms with van der Waals surface area (Å²) < 4.78 is 0.974. The van der Waals surface area contributed by atoms with E-state index in [0.717, 1.165) is 20.8 Å². The molecule has 0 unspecified atom stereocenters. The summed E-state index contributed by atoms with van der Waals surface area (Å²) >= 11 is 7.58. The highest BCUT2D eigenvalue weighted by Gasteiger charge is 2.25. The molecule has 3 rings (SSSR count). The van der Waals surface area contributed by atoms with Gasteiger partial charge in [0.2, 0.25) is 5.91 Å². The Bertz CT molecular complexity index is 1010. The van der Waals surface area contributed by atoms with Crippen molar-refractivity contribution in [3.8, 4) is 0 Å². The third-order valence-corrected chi connectivity index (χ3v) is 6.29. The number of thiazole rings is 1. The number of ketones is 1. The van der Waals surface area contributed by atoms with Crippen molar-refractivity contribution in [3.05, 3.63) is 64.1 Å². The van der Waals surface area contributed by atoms with Crippen LogP contribution in [0, 0.1) is 5.92 Å². The fourth-order valence-corrected chi connectivity index (χ4v) is 4.66. The first kappa shape index (κ1) is 22.4. The van der Waals surface area contributed by atoms with Crippen LogP contribution in [0.4, 0.5) is 0 Å². The molecule has 0 saturated heterocycles. The Morgan fingerprint density at radius 3 is 2.63 bits per heavy atom. The third-order valence-electron chi connectivity index (χ3n) is 5.01. The van der Waals surface area contributed by atoms with E-state index in [0.29, 0.717) is 30.8 Å². The van der Waals surface area contributed by atoms with Crippen LogP contribution in [-0.2, 0) is 22.4 Å². The van der Waals surface area contributed by atoms with Gasteiger partial charge in [-0.2, -0.15) is 0 Å². The van der Waals surface area contributed by atoms with E-state index < -0.39 is 5.92 Å². The van der Waals surface area contributed by atoms with Gasteiger partial charge in [0.1, 0.15) is 5.78 Å². The molecule has 0 aliphatic carbocycles. The minimum absolute atomic E-state index is 0.0617. The number of fused-ring (bicyclic) bond motifs is 1. The number of carbonyl (C=O) groups is 2. The van der Waals surface area contributed by atoms with Gasteiger partial charge in [-0.05, 0) is 30.2 Å². The Kier molecular flexibility index (Phi) is 7.96. The van der Waals surface area contributed by atoms with E-state index in [1.165, 1.54) is 11.3 Å². The number of nitrogens with zero attached hydrogens (tertiary/aromatic N) is 1. The van der Waals surface area contributed by atoms with Crippen LogP contribution < -0.4 is 11.1 Å². The van der Waals surface area contributed by atoms with E-state index in [9.17, 15) is 9.59 Å². The first-order chi connectivity index (χ1) is 14.5. The van der Waals surface area contributed by atoms with Crippen molar-refractivity contribution < 1.29 is 9.59 Å². The minimum atomic E-state index is -0.474. The van der Waals surface area contributed by atoms with Crippen LogP contribution in [0.25, 0.3) is 10.2 Å². The molecule has 0 bridgehead atoms. The lowest BCUT2D eigenvalue weighted by Crippen LogP contribution is -2.45. The van der Waals surface area contributed by atoms with E-state index in [4.69, 9.17) is 17.3 Å². The van der Waals surface area contributed by atoms with Gasteiger partial charge in [-0.25, -0.2) is 4.98 Å². The number of rotatable bonds is 10. The number of Topliss-reactive ketones (excluding diaryl/α,β-unsaturated/α-hetero) is 1. The maximum Gasteiger partial charge on any atom is 0.224 e. The molecule has 0 aliphatic heterocycles. The largest absolute Gasteiger partial charge is 0.352 e. The Hall–Kier alpha value is -2.28. The zero-order chi connectivity index (χ0) is 21.5. The number of nitrogens with two attached hydrogens (primary N) is 1. The van der Waals surface area contributed by atoms with Gasteiger partial charge in [0.25, 0.3) is 0 Å². The van der Waals surface area contributed by atoms with Gasteiger partial charge in [-0.1, -0.05) is 48.9 Å². The second kappa shape index (κ2) is 10.7. The molecule has 7 heteroatoms. The van der Waals surface area contributed by atoms with Crippen LogP contribution >= 0.6 is 22.9 Å². The molecule has 3 N–H and O–H groups in total. The first-order valence-electron chi connectivity index (χ1n) is 10.1. The Labute approximate surface area is 185 Å². The number of hydrogen-bond donors (Lipinski definition) is 2. The summed E-state index contributed by atoms with van der Waals surface area (Å²) in [5, 5.41) is 4.52. The summed E-state index contributed by atoms with van der Waals surface area (Å²) in [4.78, 5) is 29.8. The van der Waals surface area contributed by atoms with Crippen LogP contribution in [0.1, 0.15) is 30.3 Å². The summed E-state index contributed by atoms with van der Waals surface area (Å²) in [6.45, 7) is 2.14. The Morgan fingerprint density at radius 1 is 1.17 bits per heavy atom. The highest BCUT2D eigenvalue weighted by Crippen LogP contribution is 2.27. The summed E-state index contributed by atoms with van der Waals surface area (Å²) in [5.74, 6) is -0.564. The van der Waals surface area contributed by atoms with E-state index in [-0.39, 0.29) is 24.2 Å². The lowest BCUT2D eigenvalue weighted by molar-refractivity contribution is -0.129. The minimum Gasteiger partial charge on any atom is -0.352 e. The molecule has 2 atom stereocenters. The molecule has 0 spiro atoms. The topological polar surface area (TPSA) is 85.1 Å². The fraction of sp³-hybridized carbons (Fsp3) is 0.348. The van der Waals surface area contributed by atoms with Crippen molar-refractivity contribution in [2.24, 2.45) is 11.7 Å². The van der Waals surface area contributed by atoms with Crippen molar-refractivity contribution in [3.63, 3.8) is 0 Å². The van der Waals surface area contributed by atoms with Gasteiger partial charge in [0.15, 0.2) is 0 Å². The zero-order valence-electron chi connectivity index (χ0n) is 16.9. The quantitative estimate of drug-likeness (QED) is 0.492. The molecule has 1 heterocycles. The molecule has 1 amide bonds. The van der Waals surface area contributed by atoms with Crippen molar-refractivity contribution >= 4 is 44.8 Å². The van der Waals surface area contributed by atoms with Crippen LogP contribution in [0.2, 0.25) is 5.02 Å². The zero-order valence-corrected chi connectivity index (χ0v) is 18.5. The summed E-state index contributed by atoms with van der Waals surface area (Å²) in [7, 11) is 0. The predicted octanol–water partition coefficient (Wildman–Crippen LogP) is 4.16. The maximum atomic E-state index is 13.1. The highest BCUT2D eigenvalue weighted by molar-refractivity contribution is 7.18. The van der Waals surface area contributed by atoms with Gasteiger partial charge in [-0.3, -0.25) is 9.59 Å². The van der Waals surface area contributed by atoms with Gasteiger partial charge >= 0.3 is 0 Å². The molecular formula is C23H26ClN3O2S. The second-order valence-corrected chi connectivity index (χ2v) is 8.90. The van der Waals surface area contributed by atoms with Crippen LogP contribution in [-0.4, -0.2) is 29.3 Å². The van der Waals surface area contributed by atoms with Crippen LogP contribution in [0.3, 0.4) is 0 Å². The van der Waals surface area contributed by atoms with Gasteiger partial charge in [-0.15, -0.1) is 11.3 Å². The molecule has 2 aromatic carbocycles. The van der Waals surface area contributed by atoms with Crippen LogP contribution in [0.15, 0.2) is 48.5 Å². The molecule has 30 heavy (non-hydrogen) atoms. The van der Waals surface area contributed by atoms with E-state index >= 15 is 0 Å². The van der Waals surface area contributed by atoms with Crippen molar-refractivity contribution in [1.82, 2.24) is 10.3 Å². The number of carbonyl (C=O) groups excluding carboxylic acids is 2.